The van der Waals surface area contributed by atoms with Crippen LogP contribution in [0.25, 0.3) is 0 Å². The topological polar surface area (TPSA) is 38.3 Å². The quantitative estimate of drug-likeness (QED) is 0.863. The molecule has 2 rings (SSSR count). The highest BCUT2D eigenvalue weighted by Crippen LogP contribution is 2.20. The van der Waals surface area contributed by atoms with Crippen LogP contribution >= 0.6 is 11.6 Å². The van der Waals surface area contributed by atoms with Gasteiger partial charge in [0.15, 0.2) is 0 Å². The molecule has 0 radical (unpaired) electrons. The van der Waals surface area contributed by atoms with Gasteiger partial charge in [0.1, 0.15) is 0 Å². The van der Waals surface area contributed by atoms with Gasteiger partial charge < -0.3 is 10.1 Å². The number of esters is 1. The fraction of sp³-hybridized carbons (Fsp3) is 0.188. The lowest BCUT2D eigenvalue weighted by molar-refractivity contribution is 0.0600. The number of methoxy groups -OCH3 is 1. The van der Waals surface area contributed by atoms with Gasteiger partial charge in [0.2, 0.25) is 0 Å². The van der Waals surface area contributed by atoms with Crippen molar-refractivity contribution in [1.82, 2.24) is 0 Å². The second kappa shape index (κ2) is 6.44. The average molecular weight is 290 g/mol. The molecule has 4 heteroatoms. The Morgan fingerprint density at radius 1 is 1.20 bits per heavy atom. The van der Waals surface area contributed by atoms with Crippen LogP contribution in [0, 0.1) is 6.92 Å². The number of anilines is 1. The van der Waals surface area contributed by atoms with E-state index >= 15 is 0 Å². The summed E-state index contributed by atoms with van der Waals surface area (Å²) in [4.78, 5) is 11.6. The zero-order chi connectivity index (χ0) is 14.5. The van der Waals surface area contributed by atoms with Crippen molar-refractivity contribution < 1.29 is 9.53 Å². The highest BCUT2D eigenvalue weighted by atomic mass is 35.5. The number of hydrogen-bond acceptors (Lipinski definition) is 3. The Bertz CT molecular complexity index is 608. The van der Waals surface area contributed by atoms with Crippen molar-refractivity contribution in [3.8, 4) is 0 Å². The van der Waals surface area contributed by atoms with E-state index in [1.165, 1.54) is 7.11 Å². The molecule has 0 bridgehead atoms. The second-order valence-electron chi connectivity index (χ2n) is 4.45. The van der Waals surface area contributed by atoms with Crippen molar-refractivity contribution in [2.24, 2.45) is 0 Å². The number of rotatable bonds is 4. The summed E-state index contributed by atoms with van der Waals surface area (Å²) in [6, 6.07) is 13.2. The molecule has 0 aliphatic heterocycles. The molecule has 0 aromatic heterocycles. The molecule has 20 heavy (non-hydrogen) atoms. The summed E-state index contributed by atoms with van der Waals surface area (Å²) < 4.78 is 4.77. The van der Waals surface area contributed by atoms with Crippen LogP contribution in [0.5, 0.6) is 0 Å². The first kappa shape index (κ1) is 14.4. The standard InChI is InChI=1S/C16H16ClNO2/c1-11-14(16(19)20-2)4-3-5-15(11)18-10-12-6-8-13(17)9-7-12/h3-9,18H,10H2,1-2H3. The fourth-order valence-electron chi connectivity index (χ4n) is 1.96. The van der Waals surface area contributed by atoms with Gasteiger partial charge in [-0.1, -0.05) is 29.8 Å². The minimum atomic E-state index is -0.322. The molecule has 0 amide bonds. The lowest BCUT2D eigenvalue weighted by Gasteiger charge is -2.12. The smallest absolute Gasteiger partial charge is 0.338 e. The SMILES string of the molecule is COC(=O)c1cccc(NCc2ccc(Cl)cc2)c1C. The summed E-state index contributed by atoms with van der Waals surface area (Å²) in [6.07, 6.45) is 0. The number of benzene rings is 2. The second-order valence-corrected chi connectivity index (χ2v) is 4.89. The van der Waals surface area contributed by atoms with E-state index in [4.69, 9.17) is 16.3 Å². The Kier molecular flexibility index (Phi) is 4.64. The van der Waals surface area contributed by atoms with Gasteiger partial charge in [0.25, 0.3) is 0 Å². The summed E-state index contributed by atoms with van der Waals surface area (Å²) in [5, 5.41) is 4.04. The first-order valence-electron chi connectivity index (χ1n) is 6.28. The predicted octanol–water partition coefficient (Wildman–Crippen LogP) is 4.05. The Hall–Kier alpha value is -2.00. The van der Waals surface area contributed by atoms with E-state index in [0.29, 0.717) is 12.1 Å². The third kappa shape index (κ3) is 3.31. The lowest BCUT2D eigenvalue weighted by Crippen LogP contribution is -2.07. The minimum absolute atomic E-state index is 0.322. The maximum Gasteiger partial charge on any atom is 0.338 e. The molecular formula is C16H16ClNO2. The molecule has 0 spiro atoms. The summed E-state index contributed by atoms with van der Waals surface area (Å²) in [5.74, 6) is -0.322. The highest BCUT2D eigenvalue weighted by Gasteiger charge is 2.11. The van der Waals surface area contributed by atoms with Gasteiger partial charge >= 0.3 is 5.97 Å². The van der Waals surface area contributed by atoms with Gasteiger partial charge in [0.05, 0.1) is 12.7 Å². The largest absolute Gasteiger partial charge is 0.465 e. The molecule has 0 fully saturated rings. The first-order chi connectivity index (χ1) is 9.61. The third-order valence-corrected chi connectivity index (χ3v) is 3.39. The Labute approximate surface area is 123 Å². The van der Waals surface area contributed by atoms with E-state index in [2.05, 4.69) is 5.32 Å². The summed E-state index contributed by atoms with van der Waals surface area (Å²) in [7, 11) is 1.38. The molecule has 1 N–H and O–H groups in total. The van der Waals surface area contributed by atoms with Crippen molar-refractivity contribution in [3.05, 3.63) is 64.2 Å². The van der Waals surface area contributed by atoms with Crippen LogP contribution in [-0.4, -0.2) is 13.1 Å². The zero-order valence-corrected chi connectivity index (χ0v) is 12.2. The fourth-order valence-corrected chi connectivity index (χ4v) is 2.08. The molecule has 0 saturated heterocycles. The molecule has 0 heterocycles. The predicted molar refractivity (Wildman–Crippen MR) is 81.3 cm³/mol. The van der Waals surface area contributed by atoms with Crippen molar-refractivity contribution in [3.63, 3.8) is 0 Å². The van der Waals surface area contributed by atoms with Gasteiger partial charge in [0, 0.05) is 17.3 Å². The van der Waals surface area contributed by atoms with Crippen LogP contribution in [-0.2, 0) is 11.3 Å². The van der Waals surface area contributed by atoms with E-state index < -0.39 is 0 Å². The number of carbonyl (C=O) groups is 1. The van der Waals surface area contributed by atoms with Crippen LogP contribution in [0.4, 0.5) is 5.69 Å². The van der Waals surface area contributed by atoms with E-state index in [9.17, 15) is 4.79 Å². The molecule has 0 aliphatic carbocycles. The van der Waals surface area contributed by atoms with Crippen LogP contribution in [0.3, 0.4) is 0 Å². The normalized spacial score (nSPS) is 10.2. The van der Waals surface area contributed by atoms with Gasteiger partial charge in [-0.15, -0.1) is 0 Å². The molecule has 2 aromatic rings. The molecule has 0 unspecified atom stereocenters. The Balaban J connectivity index is 2.13. The number of hydrogen-bond donors (Lipinski definition) is 1. The maximum absolute atomic E-state index is 11.6. The van der Waals surface area contributed by atoms with Crippen LogP contribution < -0.4 is 5.32 Å². The molecular weight excluding hydrogens is 274 g/mol. The number of halogens is 1. The average Bonchev–Trinajstić information content (AvgIpc) is 2.47. The number of nitrogens with one attached hydrogen (secondary N) is 1. The first-order valence-corrected chi connectivity index (χ1v) is 6.66. The molecule has 0 atom stereocenters. The van der Waals surface area contributed by atoms with E-state index in [0.717, 1.165) is 21.8 Å². The number of carbonyl (C=O) groups excluding carboxylic acids is 1. The van der Waals surface area contributed by atoms with Crippen molar-refractivity contribution >= 4 is 23.3 Å². The van der Waals surface area contributed by atoms with Crippen molar-refractivity contribution in [2.45, 2.75) is 13.5 Å². The Morgan fingerprint density at radius 3 is 2.55 bits per heavy atom. The van der Waals surface area contributed by atoms with Crippen molar-refractivity contribution in [1.29, 1.82) is 0 Å². The maximum atomic E-state index is 11.6. The van der Waals surface area contributed by atoms with Gasteiger partial charge in [-0.3, -0.25) is 0 Å². The number of ether oxygens (including phenoxy) is 1. The highest BCUT2D eigenvalue weighted by molar-refractivity contribution is 6.30. The van der Waals surface area contributed by atoms with E-state index in [1.54, 1.807) is 6.07 Å². The van der Waals surface area contributed by atoms with Crippen LogP contribution in [0.15, 0.2) is 42.5 Å². The van der Waals surface area contributed by atoms with Gasteiger partial charge in [-0.05, 0) is 42.3 Å². The molecule has 0 aliphatic rings. The molecule has 104 valence electrons. The Morgan fingerprint density at radius 2 is 1.90 bits per heavy atom. The molecule has 2 aromatic carbocycles. The van der Waals surface area contributed by atoms with Gasteiger partial charge in [-0.25, -0.2) is 4.79 Å². The van der Waals surface area contributed by atoms with Gasteiger partial charge in [-0.2, -0.15) is 0 Å². The lowest BCUT2D eigenvalue weighted by atomic mass is 10.1. The summed E-state index contributed by atoms with van der Waals surface area (Å²) in [6.45, 7) is 2.57. The third-order valence-electron chi connectivity index (χ3n) is 3.14. The van der Waals surface area contributed by atoms with Crippen LogP contribution in [0.1, 0.15) is 21.5 Å². The molecule has 3 nitrogen and oxygen atoms in total. The van der Waals surface area contributed by atoms with Crippen molar-refractivity contribution in [2.75, 3.05) is 12.4 Å². The van der Waals surface area contributed by atoms with Crippen LogP contribution in [0.2, 0.25) is 5.02 Å². The summed E-state index contributed by atoms with van der Waals surface area (Å²) in [5.41, 5.74) is 3.50. The minimum Gasteiger partial charge on any atom is -0.465 e. The zero-order valence-electron chi connectivity index (χ0n) is 11.4. The molecule has 0 saturated carbocycles. The monoisotopic (exact) mass is 289 g/mol. The van der Waals surface area contributed by atoms with E-state index in [1.807, 2.05) is 43.3 Å². The van der Waals surface area contributed by atoms with E-state index in [-0.39, 0.29) is 5.97 Å². The summed E-state index contributed by atoms with van der Waals surface area (Å²) >= 11 is 5.85.